The van der Waals surface area contributed by atoms with Crippen molar-refractivity contribution in [1.29, 1.82) is 0 Å². The van der Waals surface area contributed by atoms with E-state index >= 15 is 0 Å². The van der Waals surface area contributed by atoms with Crippen molar-refractivity contribution < 1.29 is 23.8 Å². The van der Waals surface area contributed by atoms with Gasteiger partial charge in [0.25, 0.3) is 0 Å². The Labute approximate surface area is 129 Å². The lowest BCUT2D eigenvalue weighted by Crippen LogP contribution is -2.34. The first kappa shape index (κ1) is 15.2. The van der Waals surface area contributed by atoms with Crippen LogP contribution in [-0.2, 0) is 4.74 Å². The molecule has 2 heterocycles. The number of benzene rings is 1. The largest absolute Gasteiger partial charge is 0.477 e. The minimum atomic E-state index is -1.35. The van der Waals surface area contributed by atoms with Gasteiger partial charge in [-0.05, 0) is 12.1 Å². The monoisotopic (exact) mass is 320 g/mol. The van der Waals surface area contributed by atoms with E-state index in [1.165, 1.54) is 23.0 Å². The van der Waals surface area contributed by atoms with Crippen LogP contribution in [0, 0.1) is 0 Å². The van der Waals surface area contributed by atoms with Crippen LogP contribution in [0.3, 0.4) is 0 Å². The Morgan fingerprint density at radius 3 is 2.78 bits per heavy atom. The summed E-state index contributed by atoms with van der Waals surface area (Å²) >= 11 is 0. The summed E-state index contributed by atoms with van der Waals surface area (Å²) in [5.41, 5.74) is -1.01. The molecule has 8 heteroatoms. The molecule has 0 spiro atoms. The van der Waals surface area contributed by atoms with Crippen LogP contribution in [0.5, 0.6) is 5.75 Å². The maximum Gasteiger partial charge on any atom is 0.341 e. The third-order valence-electron chi connectivity index (χ3n) is 3.51. The highest BCUT2D eigenvalue weighted by Gasteiger charge is 2.25. The molecule has 1 aliphatic heterocycles. The van der Waals surface area contributed by atoms with Gasteiger partial charge < -0.3 is 14.6 Å². The average molecular weight is 320 g/mol. The third kappa shape index (κ3) is 2.80. The fourth-order valence-corrected chi connectivity index (χ4v) is 2.25. The predicted molar refractivity (Wildman–Crippen MR) is 77.4 cm³/mol. The molecule has 0 saturated carbocycles. The maximum absolute atomic E-state index is 12.5. The van der Waals surface area contributed by atoms with Gasteiger partial charge in [-0.15, -0.1) is 0 Å². The molecule has 1 aromatic carbocycles. The minimum Gasteiger partial charge on any atom is -0.477 e. The second-order valence-corrected chi connectivity index (χ2v) is 4.95. The van der Waals surface area contributed by atoms with Crippen molar-refractivity contribution in [3.63, 3.8) is 0 Å². The number of aromatic nitrogens is 2. The molecule has 23 heavy (non-hydrogen) atoms. The van der Waals surface area contributed by atoms with Crippen LogP contribution < -0.4 is 10.2 Å². The van der Waals surface area contributed by atoms with Gasteiger partial charge >= 0.3 is 5.97 Å². The Hall–Kier alpha value is -2.74. The molecule has 0 aliphatic carbocycles. The number of alkyl halides is 1. The lowest BCUT2D eigenvalue weighted by atomic mass is 10.1. The van der Waals surface area contributed by atoms with E-state index in [-0.39, 0.29) is 23.0 Å². The molecule has 3 rings (SSSR count). The number of halogens is 1. The second-order valence-electron chi connectivity index (χ2n) is 4.95. The van der Waals surface area contributed by atoms with Gasteiger partial charge in [-0.25, -0.2) is 9.18 Å². The van der Waals surface area contributed by atoms with Crippen molar-refractivity contribution in [3.05, 3.63) is 46.2 Å². The minimum absolute atomic E-state index is 0.0964. The molecule has 120 valence electrons. The molecule has 0 unspecified atom stereocenters. The van der Waals surface area contributed by atoms with Crippen molar-refractivity contribution >= 4 is 5.97 Å². The van der Waals surface area contributed by atoms with Gasteiger partial charge in [-0.1, -0.05) is 12.1 Å². The van der Waals surface area contributed by atoms with Crippen molar-refractivity contribution in [2.75, 3.05) is 20.1 Å². The summed E-state index contributed by atoms with van der Waals surface area (Å²) in [7, 11) is 0. The van der Waals surface area contributed by atoms with Crippen LogP contribution in [0.2, 0.25) is 0 Å². The van der Waals surface area contributed by atoms with Gasteiger partial charge in [0, 0.05) is 11.8 Å². The van der Waals surface area contributed by atoms with E-state index < -0.39 is 23.8 Å². The van der Waals surface area contributed by atoms with Crippen LogP contribution >= 0.6 is 0 Å². The summed E-state index contributed by atoms with van der Waals surface area (Å²) in [5, 5.41) is 13.5. The standard InChI is InChI=1S/C15H13FN2O5/c16-8-23-12-4-2-1-3-10(12)13-14(19)11(15(20)21)5-18(17-13)9-6-22-7-9/h1-5,9H,6-8H2,(H,20,21). The lowest BCUT2D eigenvalue weighted by Gasteiger charge is -2.28. The predicted octanol–water partition coefficient (Wildman–Crippen LogP) is 1.49. The number of rotatable bonds is 5. The molecule has 0 amide bonds. The van der Waals surface area contributed by atoms with Crippen molar-refractivity contribution in [2.24, 2.45) is 0 Å². The molecule has 0 radical (unpaired) electrons. The summed E-state index contributed by atoms with van der Waals surface area (Å²) in [4.78, 5) is 23.7. The first-order valence-electron chi connectivity index (χ1n) is 6.84. The molecule has 1 aliphatic rings. The molecule has 7 nitrogen and oxygen atoms in total. The van der Waals surface area contributed by atoms with E-state index in [0.717, 1.165) is 0 Å². The van der Waals surface area contributed by atoms with Crippen molar-refractivity contribution in [1.82, 2.24) is 9.78 Å². The van der Waals surface area contributed by atoms with E-state index in [4.69, 9.17) is 9.47 Å². The van der Waals surface area contributed by atoms with Crippen LogP contribution in [-0.4, -0.2) is 40.9 Å². The van der Waals surface area contributed by atoms with E-state index in [1.807, 2.05) is 0 Å². The Morgan fingerprint density at radius 2 is 2.17 bits per heavy atom. The highest BCUT2D eigenvalue weighted by atomic mass is 19.1. The molecular formula is C15H13FN2O5. The fourth-order valence-electron chi connectivity index (χ4n) is 2.25. The zero-order chi connectivity index (χ0) is 16.4. The topological polar surface area (TPSA) is 90.7 Å². The van der Waals surface area contributed by atoms with Gasteiger partial charge in [-0.3, -0.25) is 9.48 Å². The average Bonchev–Trinajstić information content (AvgIpc) is 2.48. The summed E-state index contributed by atoms with van der Waals surface area (Å²) in [5.74, 6) is -1.23. The Bertz CT molecular complexity index is 801. The summed E-state index contributed by atoms with van der Waals surface area (Å²) in [6.45, 7) is -0.297. The van der Waals surface area contributed by atoms with Gasteiger partial charge in [0.2, 0.25) is 12.3 Å². The number of carboxylic acid groups (broad SMARTS) is 1. The zero-order valence-corrected chi connectivity index (χ0v) is 11.9. The quantitative estimate of drug-likeness (QED) is 0.897. The van der Waals surface area contributed by atoms with E-state index in [0.29, 0.717) is 13.2 Å². The first-order valence-corrected chi connectivity index (χ1v) is 6.84. The number of carboxylic acids is 1. The first-order chi connectivity index (χ1) is 11.1. The normalized spacial score (nSPS) is 14.3. The smallest absolute Gasteiger partial charge is 0.341 e. The Kier molecular flexibility index (Phi) is 4.07. The lowest BCUT2D eigenvalue weighted by molar-refractivity contribution is -0.0293. The molecule has 0 bridgehead atoms. The summed E-state index contributed by atoms with van der Waals surface area (Å²) < 4.78 is 23.8. The SMILES string of the molecule is O=C(O)c1cn(C2COC2)nc(-c2ccccc2OCF)c1=O. The zero-order valence-electron chi connectivity index (χ0n) is 11.9. The second kappa shape index (κ2) is 6.17. The molecule has 1 saturated heterocycles. The number of aromatic carboxylic acids is 1. The molecule has 2 aromatic rings. The Morgan fingerprint density at radius 1 is 1.43 bits per heavy atom. The van der Waals surface area contributed by atoms with Crippen LogP contribution in [0.1, 0.15) is 16.4 Å². The number of carbonyl (C=O) groups is 1. The molecule has 1 aromatic heterocycles. The highest BCUT2D eigenvalue weighted by molar-refractivity contribution is 5.88. The maximum atomic E-state index is 12.5. The Balaban J connectivity index is 2.20. The van der Waals surface area contributed by atoms with Gasteiger partial charge in [0.05, 0.1) is 19.3 Å². The molecule has 0 atom stereocenters. The number of para-hydroxylation sites is 1. The van der Waals surface area contributed by atoms with Crippen LogP contribution in [0.4, 0.5) is 4.39 Å². The van der Waals surface area contributed by atoms with Crippen LogP contribution in [0.25, 0.3) is 11.3 Å². The summed E-state index contributed by atoms with van der Waals surface area (Å²) in [6.07, 6.45) is 1.19. The number of ether oxygens (including phenoxy) is 2. The van der Waals surface area contributed by atoms with E-state index in [2.05, 4.69) is 5.10 Å². The molecule has 1 N–H and O–H groups in total. The molecular weight excluding hydrogens is 307 g/mol. The van der Waals surface area contributed by atoms with E-state index in [9.17, 15) is 19.1 Å². The fraction of sp³-hybridized carbons (Fsp3) is 0.267. The van der Waals surface area contributed by atoms with Crippen LogP contribution in [0.15, 0.2) is 35.3 Å². The third-order valence-corrected chi connectivity index (χ3v) is 3.51. The molecule has 1 fully saturated rings. The highest BCUT2D eigenvalue weighted by Crippen LogP contribution is 2.27. The number of hydrogen-bond donors (Lipinski definition) is 1. The number of hydrogen-bond acceptors (Lipinski definition) is 5. The van der Waals surface area contributed by atoms with E-state index in [1.54, 1.807) is 12.1 Å². The number of nitrogens with zero attached hydrogens (tertiary/aromatic N) is 2. The van der Waals surface area contributed by atoms with Gasteiger partial charge in [-0.2, -0.15) is 5.10 Å². The van der Waals surface area contributed by atoms with Gasteiger partial charge in [0.15, 0.2) is 0 Å². The van der Waals surface area contributed by atoms with Crippen molar-refractivity contribution in [2.45, 2.75) is 6.04 Å². The van der Waals surface area contributed by atoms with Crippen molar-refractivity contribution in [3.8, 4) is 17.0 Å². The summed E-state index contributed by atoms with van der Waals surface area (Å²) in [6, 6.07) is 6.13. The van der Waals surface area contributed by atoms with Gasteiger partial charge in [0.1, 0.15) is 17.0 Å².